The highest BCUT2D eigenvalue weighted by atomic mass is 16.6. The Morgan fingerprint density at radius 1 is 1.43 bits per heavy atom. The highest BCUT2D eigenvalue weighted by Crippen LogP contribution is 2.06. The van der Waals surface area contributed by atoms with Gasteiger partial charge in [-0.3, -0.25) is 0 Å². The van der Waals surface area contributed by atoms with E-state index in [0.29, 0.717) is 6.54 Å². The van der Waals surface area contributed by atoms with Crippen LogP contribution in [0.5, 0.6) is 0 Å². The van der Waals surface area contributed by atoms with E-state index in [1.807, 2.05) is 27.7 Å². The number of nitrogens with one attached hydrogen (secondary N) is 1. The fourth-order valence-electron chi connectivity index (χ4n) is 0.810. The minimum Gasteiger partial charge on any atom is -0.444 e. The van der Waals surface area contributed by atoms with Crippen molar-refractivity contribution in [2.75, 3.05) is 13.7 Å². The van der Waals surface area contributed by atoms with Crippen molar-refractivity contribution in [3.8, 4) is 0 Å². The van der Waals surface area contributed by atoms with Gasteiger partial charge >= 0.3 is 6.09 Å². The van der Waals surface area contributed by atoms with E-state index in [1.54, 1.807) is 7.11 Å². The Morgan fingerprint density at radius 3 is 2.43 bits per heavy atom. The lowest BCUT2D eigenvalue weighted by Gasteiger charge is -2.20. The highest BCUT2D eigenvalue weighted by molar-refractivity contribution is 5.67. The van der Waals surface area contributed by atoms with Crippen molar-refractivity contribution >= 4 is 6.09 Å². The summed E-state index contributed by atoms with van der Waals surface area (Å²) >= 11 is 0. The van der Waals surface area contributed by atoms with Crippen molar-refractivity contribution in [3.63, 3.8) is 0 Å². The van der Waals surface area contributed by atoms with Crippen LogP contribution in [0.1, 0.15) is 34.1 Å². The van der Waals surface area contributed by atoms with Crippen LogP contribution in [0.2, 0.25) is 0 Å². The first-order valence-electron chi connectivity index (χ1n) is 4.85. The Labute approximate surface area is 86.0 Å². The maximum Gasteiger partial charge on any atom is 0.407 e. The summed E-state index contributed by atoms with van der Waals surface area (Å²) in [6.07, 6.45) is 0.571. The number of ether oxygens (including phenoxy) is 2. The summed E-state index contributed by atoms with van der Waals surface area (Å²) in [5.41, 5.74) is -0.434. The van der Waals surface area contributed by atoms with E-state index in [2.05, 4.69) is 5.32 Å². The fourth-order valence-corrected chi connectivity index (χ4v) is 0.810. The van der Waals surface area contributed by atoms with Gasteiger partial charge in [0.2, 0.25) is 0 Å². The van der Waals surface area contributed by atoms with E-state index in [1.165, 1.54) is 0 Å². The second-order valence-corrected chi connectivity index (χ2v) is 4.26. The largest absolute Gasteiger partial charge is 0.444 e. The Morgan fingerprint density at radius 2 is 2.00 bits per heavy atom. The first-order valence-corrected chi connectivity index (χ1v) is 4.85. The van der Waals surface area contributed by atoms with E-state index < -0.39 is 5.60 Å². The molecular weight excluding hydrogens is 182 g/mol. The van der Waals surface area contributed by atoms with E-state index >= 15 is 0 Å². The fraction of sp³-hybridized carbons (Fsp3) is 0.900. The van der Waals surface area contributed by atoms with Crippen molar-refractivity contribution < 1.29 is 14.3 Å². The second-order valence-electron chi connectivity index (χ2n) is 4.26. The number of amides is 1. The molecule has 14 heavy (non-hydrogen) atoms. The average molecular weight is 203 g/mol. The molecule has 0 aliphatic rings. The van der Waals surface area contributed by atoms with E-state index in [9.17, 15) is 4.79 Å². The van der Waals surface area contributed by atoms with E-state index in [4.69, 9.17) is 9.47 Å². The molecule has 0 radical (unpaired) electrons. The van der Waals surface area contributed by atoms with Crippen molar-refractivity contribution in [3.05, 3.63) is 0 Å². The molecule has 0 saturated carbocycles. The third kappa shape index (κ3) is 7.86. The molecule has 0 aromatic heterocycles. The van der Waals surface area contributed by atoms with Crippen LogP contribution in [0.25, 0.3) is 0 Å². The van der Waals surface area contributed by atoms with Crippen molar-refractivity contribution in [2.45, 2.75) is 45.8 Å². The van der Waals surface area contributed by atoms with Crippen molar-refractivity contribution in [2.24, 2.45) is 0 Å². The van der Waals surface area contributed by atoms with Gasteiger partial charge in [0, 0.05) is 13.7 Å². The third-order valence-corrected chi connectivity index (χ3v) is 1.62. The lowest BCUT2D eigenvalue weighted by molar-refractivity contribution is 0.0511. The molecule has 0 aromatic rings. The zero-order valence-corrected chi connectivity index (χ0v) is 9.72. The molecule has 4 nitrogen and oxygen atoms in total. The summed E-state index contributed by atoms with van der Waals surface area (Å²) in [6.45, 7) is 8.04. The minimum absolute atomic E-state index is 0.157. The van der Waals surface area contributed by atoms with E-state index in [-0.39, 0.29) is 12.2 Å². The van der Waals surface area contributed by atoms with E-state index in [0.717, 1.165) is 6.42 Å². The molecule has 0 heterocycles. The molecule has 1 unspecified atom stereocenters. The molecule has 0 aromatic carbocycles. The molecule has 1 atom stereocenters. The van der Waals surface area contributed by atoms with Gasteiger partial charge in [0.15, 0.2) is 0 Å². The molecule has 0 aliphatic carbocycles. The predicted octanol–water partition coefficient (Wildman–Crippen LogP) is 1.94. The lowest BCUT2D eigenvalue weighted by atomic mass is 10.2. The molecule has 0 fully saturated rings. The van der Waals surface area contributed by atoms with Gasteiger partial charge < -0.3 is 14.8 Å². The van der Waals surface area contributed by atoms with Crippen LogP contribution < -0.4 is 5.32 Å². The Balaban J connectivity index is 3.55. The van der Waals surface area contributed by atoms with Crippen LogP contribution in [0.3, 0.4) is 0 Å². The molecule has 0 rings (SSSR count). The summed E-state index contributed by atoms with van der Waals surface area (Å²) in [5.74, 6) is 0. The summed E-state index contributed by atoms with van der Waals surface area (Å²) in [5, 5.41) is 2.66. The zero-order chi connectivity index (χ0) is 11.2. The smallest absolute Gasteiger partial charge is 0.407 e. The molecule has 1 N–H and O–H groups in total. The van der Waals surface area contributed by atoms with Gasteiger partial charge in [-0.15, -0.1) is 0 Å². The highest BCUT2D eigenvalue weighted by Gasteiger charge is 2.15. The Kier molecular flexibility index (Phi) is 5.53. The second kappa shape index (κ2) is 5.86. The molecule has 0 aliphatic heterocycles. The van der Waals surface area contributed by atoms with Gasteiger partial charge in [0.25, 0.3) is 0 Å². The normalized spacial score (nSPS) is 13.5. The molecule has 0 saturated heterocycles. The van der Waals surface area contributed by atoms with Gasteiger partial charge in [-0.05, 0) is 34.1 Å². The van der Waals surface area contributed by atoms with Gasteiger partial charge in [-0.25, -0.2) is 4.79 Å². The van der Waals surface area contributed by atoms with Crippen LogP contribution in [-0.2, 0) is 9.47 Å². The number of hydrogen-bond donors (Lipinski definition) is 1. The molecule has 84 valence electrons. The molecule has 4 heteroatoms. The number of alkyl carbamates (subject to hydrolysis) is 1. The minimum atomic E-state index is -0.434. The summed E-state index contributed by atoms with van der Waals surface area (Å²) in [4.78, 5) is 11.2. The first-order chi connectivity index (χ1) is 6.35. The van der Waals surface area contributed by atoms with Gasteiger partial charge in [-0.2, -0.15) is 0 Å². The van der Waals surface area contributed by atoms with Gasteiger partial charge in [0.05, 0.1) is 6.10 Å². The molecular formula is C10H21NO3. The maximum atomic E-state index is 11.2. The number of hydrogen-bond acceptors (Lipinski definition) is 3. The first kappa shape index (κ1) is 13.2. The number of carbonyl (C=O) groups is 1. The standard InChI is InChI=1S/C10H21NO3/c1-8(13-5)6-7-11-9(12)14-10(2,3)4/h8H,6-7H2,1-5H3,(H,11,12). The average Bonchev–Trinajstić information content (AvgIpc) is 2.00. The number of methoxy groups -OCH3 is 1. The SMILES string of the molecule is COC(C)CCNC(=O)OC(C)(C)C. The van der Waals surface area contributed by atoms with Crippen LogP contribution in [0.15, 0.2) is 0 Å². The van der Waals surface area contributed by atoms with Gasteiger partial charge in [0.1, 0.15) is 5.60 Å². The molecule has 0 bridgehead atoms. The Bertz CT molecular complexity index is 175. The van der Waals surface area contributed by atoms with Crippen LogP contribution in [-0.4, -0.2) is 31.5 Å². The number of rotatable bonds is 4. The van der Waals surface area contributed by atoms with Gasteiger partial charge in [-0.1, -0.05) is 0 Å². The zero-order valence-electron chi connectivity index (χ0n) is 9.72. The molecule has 1 amide bonds. The monoisotopic (exact) mass is 203 g/mol. The maximum absolute atomic E-state index is 11.2. The quantitative estimate of drug-likeness (QED) is 0.759. The predicted molar refractivity (Wildman–Crippen MR) is 55.3 cm³/mol. The summed E-state index contributed by atoms with van der Waals surface area (Å²) in [7, 11) is 1.65. The lowest BCUT2D eigenvalue weighted by Crippen LogP contribution is -2.33. The third-order valence-electron chi connectivity index (χ3n) is 1.62. The van der Waals surface area contributed by atoms with Crippen LogP contribution in [0, 0.1) is 0 Å². The van der Waals surface area contributed by atoms with Crippen molar-refractivity contribution in [1.82, 2.24) is 5.32 Å². The number of carbonyl (C=O) groups excluding carboxylic acids is 1. The summed E-state index contributed by atoms with van der Waals surface area (Å²) in [6, 6.07) is 0. The Hall–Kier alpha value is -0.770. The topological polar surface area (TPSA) is 47.6 Å². The summed E-state index contributed by atoms with van der Waals surface area (Å²) < 4.78 is 10.1. The van der Waals surface area contributed by atoms with Crippen LogP contribution >= 0.6 is 0 Å². The van der Waals surface area contributed by atoms with Crippen molar-refractivity contribution in [1.29, 1.82) is 0 Å². The molecule has 0 spiro atoms. The van der Waals surface area contributed by atoms with Crippen LogP contribution in [0.4, 0.5) is 4.79 Å².